The largest absolute Gasteiger partial charge is 0.507 e. The molecule has 0 saturated heterocycles. The average Bonchev–Trinajstić information content (AvgIpc) is 2.75. The van der Waals surface area contributed by atoms with E-state index in [0.29, 0.717) is 5.56 Å². The van der Waals surface area contributed by atoms with Crippen LogP contribution in [0.15, 0.2) is 36.4 Å². The molecular weight excluding hydrogens is 434 g/mol. The lowest BCUT2D eigenvalue weighted by molar-refractivity contribution is -0.193. The monoisotopic (exact) mass is 457 g/mol. The van der Waals surface area contributed by atoms with E-state index in [4.69, 9.17) is 10.5 Å². The van der Waals surface area contributed by atoms with Crippen molar-refractivity contribution >= 4 is 29.2 Å². The van der Waals surface area contributed by atoms with Gasteiger partial charge in [0.1, 0.15) is 23.5 Å². The number of ketones is 2. The summed E-state index contributed by atoms with van der Waals surface area (Å²) in [4.78, 5) is 50.8. The van der Waals surface area contributed by atoms with Crippen LogP contribution in [0.3, 0.4) is 0 Å². The second kappa shape index (κ2) is 7.53. The molecule has 10 heteroatoms. The Hall–Kier alpha value is -3.50. The number of hydrogen-bond acceptors (Lipinski definition) is 9. The van der Waals surface area contributed by atoms with Crippen molar-refractivity contribution in [3.63, 3.8) is 0 Å². The topological polar surface area (TPSA) is 184 Å². The molecule has 2 saturated carbocycles. The van der Waals surface area contributed by atoms with Gasteiger partial charge in [0.15, 0.2) is 11.4 Å². The summed E-state index contributed by atoms with van der Waals surface area (Å²) in [5.41, 5.74) is 2.34. The molecule has 7 atom stereocenters. The Balaban J connectivity index is 2.00. The van der Waals surface area contributed by atoms with Crippen molar-refractivity contribution in [2.24, 2.45) is 23.5 Å². The Morgan fingerprint density at radius 2 is 1.94 bits per heavy atom. The van der Waals surface area contributed by atoms with E-state index in [2.05, 4.69) is 6.58 Å². The number of rotatable bonds is 3. The number of phenolic OH excluding ortho intramolecular Hbond substituents is 1. The first-order valence-electron chi connectivity index (χ1n) is 10.3. The van der Waals surface area contributed by atoms with Crippen LogP contribution in [-0.2, 0) is 23.9 Å². The number of esters is 1. The highest BCUT2D eigenvalue weighted by Crippen LogP contribution is 2.55. The Kier molecular flexibility index (Phi) is 5.18. The van der Waals surface area contributed by atoms with E-state index in [0.717, 1.165) is 6.08 Å². The van der Waals surface area contributed by atoms with Crippen LogP contribution in [0.1, 0.15) is 30.4 Å². The molecule has 1 aromatic carbocycles. The van der Waals surface area contributed by atoms with E-state index in [9.17, 15) is 39.6 Å². The molecule has 10 nitrogen and oxygen atoms in total. The number of fused-ring (bicyclic) bond motifs is 3. The third-order valence-electron chi connectivity index (χ3n) is 7.07. The van der Waals surface area contributed by atoms with Gasteiger partial charge >= 0.3 is 5.97 Å². The molecule has 0 aromatic heterocycles. The summed E-state index contributed by atoms with van der Waals surface area (Å²) in [5.74, 6) is -10.6. The van der Waals surface area contributed by atoms with Gasteiger partial charge in [-0.2, -0.15) is 0 Å². The Labute approximate surface area is 188 Å². The lowest BCUT2D eigenvalue weighted by Crippen LogP contribution is -2.70. The van der Waals surface area contributed by atoms with Crippen molar-refractivity contribution in [2.45, 2.75) is 37.1 Å². The molecular formula is C23H23NO9. The maximum absolute atomic E-state index is 13.6. The predicted octanol–water partition coefficient (Wildman–Crippen LogP) is -0.142. The van der Waals surface area contributed by atoms with Gasteiger partial charge in [0.05, 0.1) is 11.7 Å². The maximum atomic E-state index is 13.6. The summed E-state index contributed by atoms with van der Waals surface area (Å²) in [6.45, 7) is 5.01. The second-order valence-electron chi connectivity index (χ2n) is 8.67. The van der Waals surface area contributed by atoms with Crippen LogP contribution in [-0.4, -0.2) is 61.7 Å². The molecule has 0 spiro atoms. The van der Waals surface area contributed by atoms with Gasteiger partial charge in [0.2, 0.25) is 11.7 Å². The van der Waals surface area contributed by atoms with E-state index in [1.165, 1.54) is 6.07 Å². The molecule has 3 aliphatic rings. The summed E-state index contributed by atoms with van der Waals surface area (Å²) in [6, 6.07) is 4.46. The van der Waals surface area contributed by atoms with E-state index in [1.807, 2.05) is 0 Å². The van der Waals surface area contributed by atoms with E-state index in [1.54, 1.807) is 19.1 Å². The van der Waals surface area contributed by atoms with E-state index in [-0.39, 0.29) is 11.3 Å². The van der Waals surface area contributed by atoms with Gasteiger partial charge in [-0.05, 0) is 24.0 Å². The molecule has 0 heterocycles. The van der Waals surface area contributed by atoms with E-state index < -0.39 is 82.7 Å². The number of ether oxygens (including phenoxy) is 1. The van der Waals surface area contributed by atoms with Crippen molar-refractivity contribution in [1.29, 1.82) is 0 Å². The number of carbonyl (C=O) groups is 4. The fraction of sp³-hybridized carbons (Fsp3) is 0.391. The zero-order valence-corrected chi connectivity index (χ0v) is 17.6. The molecule has 4 rings (SSSR count). The van der Waals surface area contributed by atoms with Crippen molar-refractivity contribution in [2.75, 3.05) is 0 Å². The quantitative estimate of drug-likeness (QED) is 0.234. The molecule has 6 N–H and O–H groups in total. The maximum Gasteiger partial charge on any atom is 0.330 e. The van der Waals surface area contributed by atoms with Crippen LogP contribution in [0.4, 0.5) is 0 Å². The molecule has 33 heavy (non-hydrogen) atoms. The molecule has 2 unspecified atom stereocenters. The van der Waals surface area contributed by atoms with Gasteiger partial charge in [0, 0.05) is 23.5 Å². The highest BCUT2D eigenvalue weighted by Gasteiger charge is 2.68. The van der Waals surface area contributed by atoms with Gasteiger partial charge in [-0.3, -0.25) is 14.4 Å². The third-order valence-corrected chi connectivity index (χ3v) is 7.07. The summed E-state index contributed by atoms with van der Waals surface area (Å²) < 4.78 is 5.49. The number of aliphatic hydroxyl groups is 3. The first-order chi connectivity index (χ1) is 15.5. The second-order valence-corrected chi connectivity index (χ2v) is 8.67. The summed E-state index contributed by atoms with van der Waals surface area (Å²) >= 11 is 0. The summed E-state index contributed by atoms with van der Waals surface area (Å²) in [7, 11) is 0. The summed E-state index contributed by atoms with van der Waals surface area (Å²) in [5, 5.41) is 43.3. The number of aliphatic hydroxyl groups excluding tert-OH is 2. The van der Waals surface area contributed by atoms with Gasteiger partial charge in [0.25, 0.3) is 0 Å². The molecule has 1 aromatic rings. The Bertz CT molecular complexity index is 1140. The SMILES string of the molecule is C=CC(=O)O[C@H]1[C@H]2C(=C(O)c3c(O)cccc3[C@@H]2C)C(=O)[C@]2(O)C(=O)C(C(N)=O)C(O)C[C@H]12. The first-order valence-corrected chi connectivity index (χ1v) is 10.3. The number of aromatic hydroxyl groups is 1. The minimum atomic E-state index is -2.90. The van der Waals surface area contributed by atoms with Crippen molar-refractivity contribution in [3.8, 4) is 5.75 Å². The molecule has 1 amide bonds. The fourth-order valence-corrected chi connectivity index (χ4v) is 5.56. The molecule has 0 bridgehead atoms. The highest BCUT2D eigenvalue weighted by molar-refractivity contribution is 6.25. The Morgan fingerprint density at radius 1 is 1.27 bits per heavy atom. The number of primary amides is 1. The van der Waals surface area contributed by atoms with Gasteiger partial charge < -0.3 is 30.9 Å². The molecule has 2 fully saturated rings. The van der Waals surface area contributed by atoms with E-state index >= 15 is 0 Å². The lowest BCUT2D eigenvalue weighted by atomic mass is 9.53. The number of Topliss-reactive ketones (excluding diaryl/α,β-unsaturated/α-hetero) is 2. The van der Waals surface area contributed by atoms with Crippen LogP contribution in [0, 0.1) is 17.8 Å². The number of hydrogen-bond donors (Lipinski definition) is 5. The number of benzene rings is 1. The number of amides is 1. The standard InChI is InChI=1S/C23H23NO9/c1-3-13(27)33-19-10-7-12(26)16(22(24)31)20(29)23(10,32)21(30)17-14(19)8(2)9-5-4-6-11(25)15(9)18(17)28/h3-6,8,10,12,14,16,19,25-26,28,32H,1,7H2,2H3,(H2,24,31)/t8-,10+,12?,14+,16?,19+,23+/m0/s1. The molecule has 174 valence electrons. The summed E-state index contributed by atoms with van der Waals surface area (Å²) in [6.07, 6.45) is -2.55. The minimum Gasteiger partial charge on any atom is -0.507 e. The van der Waals surface area contributed by atoms with Crippen molar-refractivity contribution < 1.29 is 44.3 Å². The number of carbonyl (C=O) groups excluding carboxylic acids is 4. The van der Waals surface area contributed by atoms with Gasteiger partial charge in [-0.25, -0.2) is 4.79 Å². The lowest BCUT2D eigenvalue weighted by Gasteiger charge is -2.53. The molecule has 0 radical (unpaired) electrons. The average molecular weight is 457 g/mol. The zero-order valence-electron chi connectivity index (χ0n) is 17.6. The number of phenols is 1. The third kappa shape index (κ3) is 2.94. The normalized spacial score (nSPS) is 35.2. The van der Waals surface area contributed by atoms with Gasteiger partial charge in [-0.15, -0.1) is 0 Å². The smallest absolute Gasteiger partial charge is 0.330 e. The van der Waals surface area contributed by atoms with Crippen LogP contribution in [0.2, 0.25) is 0 Å². The Morgan fingerprint density at radius 3 is 2.55 bits per heavy atom. The fourth-order valence-electron chi connectivity index (χ4n) is 5.56. The van der Waals surface area contributed by atoms with Gasteiger partial charge in [-0.1, -0.05) is 25.6 Å². The van der Waals surface area contributed by atoms with Crippen LogP contribution < -0.4 is 5.73 Å². The van der Waals surface area contributed by atoms with Crippen molar-refractivity contribution in [1.82, 2.24) is 0 Å². The molecule has 0 aliphatic heterocycles. The highest BCUT2D eigenvalue weighted by atomic mass is 16.5. The van der Waals surface area contributed by atoms with Crippen molar-refractivity contribution in [3.05, 3.63) is 47.6 Å². The first kappa shape index (κ1) is 22.7. The van der Waals surface area contributed by atoms with Crippen LogP contribution >= 0.6 is 0 Å². The minimum absolute atomic E-state index is 0.0461. The molecule has 3 aliphatic carbocycles. The predicted molar refractivity (Wildman–Crippen MR) is 111 cm³/mol. The number of nitrogens with two attached hydrogens (primary N) is 1. The van der Waals surface area contributed by atoms with Crippen LogP contribution in [0.25, 0.3) is 5.76 Å². The zero-order chi connectivity index (χ0) is 24.4. The van der Waals surface area contributed by atoms with Crippen LogP contribution in [0.5, 0.6) is 5.75 Å².